The van der Waals surface area contributed by atoms with E-state index in [2.05, 4.69) is 41.3 Å². The van der Waals surface area contributed by atoms with E-state index in [4.69, 9.17) is 4.74 Å². The Kier molecular flexibility index (Phi) is 8.01. The second kappa shape index (κ2) is 10.3. The van der Waals surface area contributed by atoms with Gasteiger partial charge in [-0.05, 0) is 31.5 Å². The van der Waals surface area contributed by atoms with Gasteiger partial charge < -0.3 is 25.2 Å². The highest BCUT2D eigenvalue weighted by Crippen LogP contribution is 2.17. The average molecular weight is 348 g/mol. The van der Waals surface area contributed by atoms with Crippen LogP contribution in [0.25, 0.3) is 0 Å². The van der Waals surface area contributed by atoms with Gasteiger partial charge in [-0.15, -0.1) is 0 Å². The van der Waals surface area contributed by atoms with Crippen LogP contribution in [-0.2, 0) is 0 Å². The molecule has 1 heterocycles. The zero-order valence-corrected chi connectivity index (χ0v) is 15.8. The molecule has 2 N–H and O–H groups in total. The summed E-state index contributed by atoms with van der Waals surface area (Å²) in [4.78, 5) is 16.9. The van der Waals surface area contributed by atoms with Crippen LogP contribution in [0.2, 0.25) is 0 Å². The van der Waals surface area contributed by atoms with Crippen LogP contribution in [0.15, 0.2) is 24.3 Å². The summed E-state index contributed by atoms with van der Waals surface area (Å²) in [6.45, 7) is 11.1. The molecule has 1 aromatic carbocycles. The van der Waals surface area contributed by atoms with Gasteiger partial charge in [0.05, 0.1) is 6.61 Å². The molecule has 2 rings (SSSR count). The smallest absolute Gasteiger partial charge is 0.319 e. The number of nitrogens with one attached hydrogen (secondary N) is 2. The lowest BCUT2D eigenvalue weighted by Gasteiger charge is -2.33. The van der Waals surface area contributed by atoms with Crippen LogP contribution in [0.1, 0.15) is 20.3 Å². The predicted molar refractivity (Wildman–Crippen MR) is 102 cm³/mol. The second-order valence-electron chi connectivity index (χ2n) is 6.92. The van der Waals surface area contributed by atoms with Gasteiger partial charge in [-0.2, -0.15) is 0 Å². The van der Waals surface area contributed by atoms with Crippen molar-refractivity contribution in [3.05, 3.63) is 24.3 Å². The molecule has 0 spiro atoms. The fraction of sp³-hybridized carbons (Fsp3) is 0.632. The SMILES string of the molecule is CCCOc1cccc(NC(=O)NCC(C)CN2CCN(C)CC2)c1. The summed E-state index contributed by atoms with van der Waals surface area (Å²) in [5.74, 6) is 1.21. The number of carbonyl (C=O) groups excluding carboxylic acids is 1. The van der Waals surface area contributed by atoms with E-state index in [-0.39, 0.29) is 6.03 Å². The Balaban J connectivity index is 1.69. The maximum Gasteiger partial charge on any atom is 0.319 e. The van der Waals surface area contributed by atoms with Gasteiger partial charge in [0.25, 0.3) is 0 Å². The lowest BCUT2D eigenvalue weighted by Crippen LogP contribution is -2.47. The van der Waals surface area contributed by atoms with Gasteiger partial charge in [-0.3, -0.25) is 0 Å². The van der Waals surface area contributed by atoms with E-state index >= 15 is 0 Å². The summed E-state index contributed by atoms with van der Waals surface area (Å²) < 4.78 is 5.59. The van der Waals surface area contributed by atoms with E-state index in [1.807, 2.05) is 24.3 Å². The third-order valence-electron chi connectivity index (χ3n) is 4.34. The minimum Gasteiger partial charge on any atom is -0.494 e. The highest BCUT2D eigenvalue weighted by molar-refractivity contribution is 5.89. The van der Waals surface area contributed by atoms with Crippen molar-refractivity contribution in [2.75, 3.05) is 58.2 Å². The molecule has 1 fully saturated rings. The first-order valence-corrected chi connectivity index (χ1v) is 9.25. The number of hydrogen-bond donors (Lipinski definition) is 2. The summed E-state index contributed by atoms with van der Waals surface area (Å²) in [6.07, 6.45) is 0.962. The molecule has 2 amide bonds. The van der Waals surface area contributed by atoms with Gasteiger partial charge in [0.15, 0.2) is 0 Å². The van der Waals surface area contributed by atoms with Crippen molar-refractivity contribution in [2.24, 2.45) is 5.92 Å². The van der Waals surface area contributed by atoms with Crippen molar-refractivity contribution in [2.45, 2.75) is 20.3 Å². The van der Waals surface area contributed by atoms with Crippen molar-refractivity contribution in [3.8, 4) is 5.75 Å². The maximum absolute atomic E-state index is 12.1. The minimum absolute atomic E-state index is 0.169. The van der Waals surface area contributed by atoms with E-state index in [0.29, 0.717) is 19.1 Å². The number of benzene rings is 1. The summed E-state index contributed by atoms with van der Waals surface area (Å²) in [5, 5.41) is 5.84. The number of anilines is 1. The molecule has 140 valence electrons. The molecule has 1 aromatic rings. The standard InChI is InChI=1S/C19H32N4O2/c1-4-12-25-18-7-5-6-17(13-18)21-19(24)20-14-16(2)15-23-10-8-22(3)9-11-23/h5-7,13,16H,4,8-12,14-15H2,1-3H3,(H2,20,21,24). The molecular weight excluding hydrogens is 316 g/mol. The largest absolute Gasteiger partial charge is 0.494 e. The summed E-state index contributed by atoms with van der Waals surface area (Å²) in [5.41, 5.74) is 0.748. The quantitative estimate of drug-likeness (QED) is 0.758. The molecule has 0 aromatic heterocycles. The maximum atomic E-state index is 12.1. The monoisotopic (exact) mass is 348 g/mol. The van der Waals surface area contributed by atoms with Crippen LogP contribution in [0.4, 0.5) is 10.5 Å². The Morgan fingerprint density at radius 2 is 2.04 bits per heavy atom. The number of piperazine rings is 1. The number of rotatable bonds is 8. The number of amides is 2. The lowest BCUT2D eigenvalue weighted by molar-refractivity contribution is 0.138. The Hall–Kier alpha value is -1.79. The van der Waals surface area contributed by atoms with Crippen LogP contribution >= 0.6 is 0 Å². The van der Waals surface area contributed by atoms with Gasteiger partial charge in [0.1, 0.15) is 5.75 Å². The van der Waals surface area contributed by atoms with Crippen molar-refractivity contribution in [1.82, 2.24) is 15.1 Å². The molecule has 25 heavy (non-hydrogen) atoms. The summed E-state index contributed by atoms with van der Waals surface area (Å²) >= 11 is 0. The number of urea groups is 1. The van der Waals surface area contributed by atoms with Gasteiger partial charge >= 0.3 is 6.03 Å². The fourth-order valence-corrected chi connectivity index (χ4v) is 2.86. The third-order valence-corrected chi connectivity index (χ3v) is 4.34. The van der Waals surface area contributed by atoms with E-state index in [9.17, 15) is 4.79 Å². The van der Waals surface area contributed by atoms with Gasteiger partial charge in [0.2, 0.25) is 0 Å². The van der Waals surface area contributed by atoms with E-state index in [1.165, 1.54) is 0 Å². The minimum atomic E-state index is -0.169. The van der Waals surface area contributed by atoms with Crippen molar-refractivity contribution < 1.29 is 9.53 Å². The molecule has 1 unspecified atom stereocenters. The topological polar surface area (TPSA) is 56.8 Å². The number of nitrogens with zero attached hydrogens (tertiary/aromatic N) is 2. The third kappa shape index (κ3) is 7.32. The molecule has 0 saturated carbocycles. The summed E-state index contributed by atoms with van der Waals surface area (Å²) in [6, 6.07) is 7.33. The number of likely N-dealkylation sites (N-methyl/N-ethyl adjacent to an activating group) is 1. The number of ether oxygens (including phenoxy) is 1. The van der Waals surface area contributed by atoms with Crippen LogP contribution in [-0.4, -0.2) is 68.8 Å². The Morgan fingerprint density at radius 3 is 2.76 bits per heavy atom. The van der Waals surface area contributed by atoms with Crippen LogP contribution < -0.4 is 15.4 Å². The first-order chi connectivity index (χ1) is 12.1. The van der Waals surface area contributed by atoms with Crippen LogP contribution in [0.3, 0.4) is 0 Å². The molecule has 1 saturated heterocycles. The van der Waals surface area contributed by atoms with Crippen molar-refractivity contribution in [1.29, 1.82) is 0 Å². The Bertz CT molecular complexity index is 530. The second-order valence-corrected chi connectivity index (χ2v) is 6.92. The van der Waals surface area contributed by atoms with Gasteiger partial charge in [-0.1, -0.05) is 19.9 Å². The first-order valence-electron chi connectivity index (χ1n) is 9.25. The molecular formula is C19H32N4O2. The first kappa shape index (κ1) is 19.5. The fourth-order valence-electron chi connectivity index (χ4n) is 2.86. The molecule has 1 aliphatic rings. The molecule has 0 bridgehead atoms. The highest BCUT2D eigenvalue weighted by atomic mass is 16.5. The number of carbonyl (C=O) groups is 1. The van der Waals surface area contributed by atoms with E-state index in [1.54, 1.807) is 0 Å². The van der Waals surface area contributed by atoms with Crippen LogP contribution in [0.5, 0.6) is 5.75 Å². The molecule has 0 radical (unpaired) electrons. The molecule has 1 aliphatic heterocycles. The lowest BCUT2D eigenvalue weighted by atomic mass is 10.1. The van der Waals surface area contributed by atoms with Crippen molar-refractivity contribution in [3.63, 3.8) is 0 Å². The molecule has 6 heteroatoms. The Labute approximate surface area is 151 Å². The highest BCUT2D eigenvalue weighted by Gasteiger charge is 2.16. The normalized spacial score (nSPS) is 17.1. The van der Waals surface area contributed by atoms with E-state index < -0.39 is 0 Å². The zero-order chi connectivity index (χ0) is 18.1. The van der Waals surface area contributed by atoms with E-state index in [0.717, 1.165) is 50.6 Å². The molecule has 6 nitrogen and oxygen atoms in total. The molecule has 0 aliphatic carbocycles. The number of hydrogen-bond acceptors (Lipinski definition) is 4. The average Bonchev–Trinajstić information content (AvgIpc) is 2.60. The Morgan fingerprint density at radius 1 is 1.28 bits per heavy atom. The predicted octanol–water partition coefficient (Wildman–Crippen LogP) is 2.48. The summed E-state index contributed by atoms with van der Waals surface area (Å²) in [7, 11) is 2.16. The zero-order valence-electron chi connectivity index (χ0n) is 15.8. The molecule has 1 atom stereocenters. The van der Waals surface area contributed by atoms with Gasteiger partial charge in [-0.25, -0.2) is 4.79 Å². The van der Waals surface area contributed by atoms with Gasteiger partial charge in [0, 0.05) is 51.0 Å². The van der Waals surface area contributed by atoms with Crippen molar-refractivity contribution >= 4 is 11.7 Å². The van der Waals surface area contributed by atoms with Crippen LogP contribution in [0, 0.1) is 5.92 Å².